The molecule has 2 aromatic rings. The van der Waals surface area contributed by atoms with Crippen molar-refractivity contribution in [3.63, 3.8) is 0 Å². The molecule has 0 N–H and O–H groups in total. The number of rotatable bonds is 3. The maximum Gasteiger partial charge on any atom is 0.208 e. The second-order valence-corrected chi connectivity index (χ2v) is 3.93. The van der Waals surface area contributed by atoms with Gasteiger partial charge in [0.1, 0.15) is 34.8 Å². The molecule has 0 saturated heterocycles. The molecule has 0 spiro atoms. The van der Waals surface area contributed by atoms with Gasteiger partial charge in [0.25, 0.3) is 0 Å². The monoisotopic (exact) mass is 285 g/mol. The van der Waals surface area contributed by atoms with Gasteiger partial charge >= 0.3 is 0 Å². The highest BCUT2D eigenvalue weighted by Crippen LogP contribution is 2.13. The van der Waals surface area contributed by atoms with Crippen molar-refractivity contribution < 1.29 is 26.7 Å². The molecule has 0 heterocycles. The molecule has 7 heteroatoms. The van der Waals surface area contributed by atoms with Crippen LogP contribution in [0.4, 0.5) is 22.0 Å². The molecule has 0 aliphatic rings. The predicted octanol–water partition coefficient (Wildman–Crippen LogP) is 2.05. The summed E-state index contributed by atoms with van der Waals surface area (Å²) in [4.78, 5) is 0. The molecule has 0 unspecified atom stereocenters. The standard InChI is InChI=1S/C13H7BF5O/c1-20-11-5-7(16)4-10(19)13(11)14-12-8(17)2-6(15)3-9(12)18/h2-5H,1H3. The van der Waals surface area contributed by atoms with Gasteiger partial charge < -0.3 is 4.74 Å². The van der Waals surface area contributed by atoms with Crippen molar-refractivity contribution in [2.75, 3.05) is 7.11 Å². The molecule has 0 aromatic heterocycles. The van der Waals surface area contributed by atoms with Gasteiger partial charge in [0, 0.05) is 24.3 Å². The van der Waals surface area contributed by atoms with Crippen molar-refractivity contribution in [1.29, 1.82) is 0 Å². The van der Waals surface area contributed by atoms with E-state index in [0.717, 1.165) is 20.5 Å². The Morgan fingerprint density at radius 2 is 1.20 bits per heavy atom. The van der Waals surface area contributed by atoms with Crippen molar-refractivity contribution in [1.82, 2.24) is 0 Å². The average Bonchev–Trinajstić information content (AvgIpc) is 2.34. The minimum absolute atomic E-state index is 0.231. The number of halogens is 5. The molecule has 0 bridgehead atoms. The molecule has 0 atom stereocenters. The normalized spacial score (nSPS) is 10.5. The van der Waals surface area contributed by atoms with Gasteiger partial charge in [-0.15, -0.1) is 0 Å². The molecule has 20 heavy (non-hydrogen) atoms. The van der Waals surface area contributed by atoms with Crippen molar-refractivity contribution in [2.24, 2.45) is 0 Å². The summed E-state index contributed by atoms with van der Waals surface area (Å²) in [5.41, 5.74) is -0.978. The fourth-order valence-electron chi connectivity index (χ4n) is 1.71. The zero-order valence-electron chi connectivity index (χ0n) is 10.2. The van der Waals surface area contributed by atoms with E-state index in [2.05, 4.69) is 0 Å². The quantitative estimate of drug-likeness (QED) is 0.619. The summed E-state index contributed by atoms with van der Waals surface area (Å²) in [6.07, 6.45) is 0. The van der Waals surface area contributed by atoms with Crippen LogP contribution in [0.1, 0.15) is 0 Å². The third-order valence-corrected chi connectivity index (χ3v) is 2.61. The largest absolute Gasteiger partial charge is 0.497 e. The van der Waals surface area contributed by atoms with E-state index in [-0.39, 0.29) is 11.2 Å². The van der Waals surface area contributed by atoms with Crippen LogP contribution in [-0.4, -0.2) is 14.4 Å². The van der Waals surface area contributed by atoms with Gasteiger partial charge in [-0.05, 0) is 10.9 Å². The Hall–Kier alpha value is -2.05. The Kier molecular flexibility index (Phi) is 3.97. The van der Waals surface area contributed by atoms with Crippen LogP contribution in [0.25, 0.3) is 0 Å². The summed E-state index contributed by atoms with van der Waals surface area (Å²) in [6, 6.07) is 2.34. The maximum atomic E-state index is 13.7. The first-order valence-corrected chi connectivity index (χ1v) is 5.44. The first-order chi connectivity index (χ1) is 9.42. The summed E-state index contributed by atoms with van der Waals surface area (Å²) in [5, 5.41) is 0. The minimum Gasteiger partial charge on any atom is -0.497 e. The molecule has 0 saturated carbocycles. The molecular formula is C13H7BF5O. The SMILES string of the molecule is COc1cc(F)cc(F)c1[B]c1c(F)cc(F)cc1F. The molecule has 1 radical (unpaired) electrons. The lowest BCUT2D eigenvalue weighted by molar-refractivity contribution is 0.411. The van der Waals surface area contributed by atoms with Gasteiger partial charge in [-0.2, -0.15) is 0 Å². The smallest absolute Gasteiger partial charge is 0.208 e. The predicted molar refractivity (Wildman–Crippen MR) is 64.2 cm³/mol. The lowest BCUT2D eigenvalue weighted by Gasteiger charge is -2.10. The Labute approximate surface area is 112 Å². The topological polar surface area (TPSA) is 9.23 Å². The first kappa shape index (κ1) is 14.4. The van der Waals surface area contributed by atoms with Crippen LogP contribution in [0.15, 0.2) is 24.3 Å². The highest BCUT2D eigenvalue weighted by atomic mass is 19.2. The van der Waals surface area contributed by atoms with Crippen molar-refractivity contribution >= 4 is 18.2 Å². The number of methoxy groups -OCH3 is 1. The zero-order chi connectivity index (χ0) is 14.9. The van der Waals surface area contributed by atoms with Crippen LogP contribution in [0, 0.1) is 29.1 Å². The van der Waals surface area contributed by atoms with Gasteiger partial charge in [-0.3, -0.25) is 0 Å². The van der Waals surface area contributed by atoms with Gasteiger partial charge in [0.05, 0.1) is 7.11 Å². The molecule has 103 valence electrons. The summed E-state index contributed by atoms with van der Waals surface area (Å²) in [7, 11) is 1.95. The molecule has 0 aliphatic heterocycles. The second-order valence-electron chi connectivity index (χ2n) is 3.93. The van der Waals surface area contributed by atoms with Crippen LogP contribution in [0.5, 0.6) is 5.75 Å². The average molecular weight is 285 g/mol. The van der Waals surface area contributed by atoms with E-state index >= 15 is 0 Å². The maximum absolute atomic E-state index is 13.7. The summed E-state index contributed by atoms with van der Waals surface area (Å²) in [5.74, 6) is -5.67. The van der Waals surface area contributed by atoms with Crippen LogP contribution < -0.4 is 15.7 Å². The fraction of sp³-hybridized carbons (Fsp3) is 0.0769. The summed E-state index contributed by atoms with van der Waals surface area (Å²) in [6.45, 7) is 0. The molecule has 0 fully saturated rings. The lowest BCUT2D eigenvalue weighted by Crippen LogP contribution is -2.35. The van der Waals surface area contributed by atoms with Gasteiger partial charge in [0.15, 0.2) is 0 Å². The van der Waals surface area contributed by atoms with Crippen LogP contribution in [-0.2, 0) is 0 Å². The second kappa shape index (κ2) is 5.52. The third kappa shape index (κ3) is 2.76. The van der Waals surface area contributed by atoms with E-state index in [9.17, 15) is 22.0 Å². The molecule has 1 nitrogen and oxygen atoms in total. The number of hydrogen-bond acceptors (Lipinski definition) is 1. The summed E-state index contributed by atoms with van der Waals surface area (Å²) >= 11 is 0. The summed E-state index contributed by atoms with van der Waals surface area (Å²) < 4.78 is 71.2. The van der Waals surface area contributed by atoms with E-state index in [1.165, 1.54) is 0 Å². The molecule has 2 aromatic carbocycles. The number of hydrogen-bond donors (Lipinski definition) is 0. The van der Waals surface area contributed by atoms with Crippen molar-refractivity contribution in [3.8, 4) is 5.75 Å². The highest BCUT2D eigenvalue weighted by Gasteiger charge is 2.19. The molecule has 0 aliphatic carbocycles. The first-order valence-electron chi connectivity index (χ1n) is 5.44. The third-order valence-electron chi connectivity index (χ3n) is 2.61. The molecule has 0 amide bonds. The van der Waals surface area contributed by atoms with Gasteiger partial charge in [-0.25, -0.2) is 22.0 Å². The minimum atomic E-state index is -1.20. The Morgan fingerprint density at radius 3 is 1.70 bits per heavy atom. The zero-order valence-corrected chi connectivity index (χ0v) is 10.2. The van der Waals surface area contributed by atoms with E-state index in [0.29, 0.717) is 18.2 Å². The van der Waals surface area contributed by atoms with E-state index < -0.39 is 34.5 Å². The van der Waals surface area contributed by atoms with Crippen molar-refractivity contribution in [2.45, 2.75) is 0 Å². The van der Waals surface area contributed by atoms with E-state index in [4.69, 9.17) is 4.74 Å². The molecule has 2 rings (SSSR count). The fourth-order valence-corrected chi connectivity index (χ4v) is 1.71. The van der Waals surface area contributed by atoms with Crippen LogP contribution in [0.2, 0.25) is 0 Å². The number of ether oxygens (including phenoxy) is 1. The Morgan fingerprint density at radius 1 is 0.750 bits per heavy atom. The Balaban J connectivity index is 2.50. The van der Waals surface area contributed by atoms with Crippen molar-refractivity contribution in [3.05, 3.63) is 53.4 Å². The Bertz CT molecular complexity index is 636. The number of benzene rings is 2. The lowest BCUT2D eigenvalue weighted by atomic mass is 9.62. The van der Waals surface area contributed by atoms with E-state index in [1.54, 1.807) is 0 Å². The van der Waals surface area contributed by atoms with Gasteiger partial charge in [0.2, 0.25) is 7.28 Å². The highest BCUT2D eigenvalue weighted by molar-refractivity contribution is 6.68. The van der Waals surface area contributed by atoms with Gasteiger partial charge in [-0.1, -0.05) is 0 Å². The molecular weight excluding hydrogens is 278 g/mol. The van der Waals surface area contributed by atoms with E-state index in [1.807, 2.05) is 0 Å². The van der Waals surface area contributed by atoms with Crippen LogP contribution >= 0.6 is 0 Å². The van der Waals surface area contributed by atoms with Crippen LogP contribution in [0.3, 0.4) is 0 Å².